The van der Waals surface area contributed by atoms with Gasteiger partial charge in [-0.05, 0) is 53.4 Å². The van der Waals surface area contributed by atoms with Gasteiger partial charge in [-0.25, -0.2) is 16.3 Å². The van der Waals surface area contributed by atoms with Crippen molar-refractivity contribution < 1.29 is 19.0 Å². The molecule has 0 radical (unpaired) electrons. The Balaban J connectivity index is 1.24. The van der Waals surface area contributed by atoms with E-state index in [2.05, 4.69) is 33.5 Å². The molecule has 1 fully saturated rings. The third-order valence-corrected chi connectivity index (χ3v) is 5.80. The third-order valence-electron chi connectivity index (χ3n) is 5.80. The number of hydrazone groups is 1. The van der Waals surface area contributed by atoms with E-state index in [0.29, 0.717) is 24.5 Å². The minimum atomic E-state index is -0.399. The van der Waals surface area contributed by atoms with Gasteiger partial charge < -0.3 is 14.2 Å². The fraction of sp³-hybridized carbons (Fsp3) is 0.259. The van der Waals surface area contributed by atoms with E-state index in [0.717, 1.165) is 23.3 Å². The summed E-state index contributed by atoms with van der Waals surface area (Å²) >= 11 is 0. The molecule has 0 saturated carbocycles. The number of hydrazine groups is 1. The molecule has 3 N–H and O–H groups in total. The average molecular weight is 475 g/mol. The highest BCUT2D eigenvalue weighted by molar-refractivity contribution is 5.85. The molecule has 3 aromatic carbocycles. The van der Waals surface area contributed by atoms with Crippen molar-refractivity contribution in [2.45, 2.75) is 24.9 Å². The number of ether oxygens (including phenoxy) is 3. The fourth-order valence-electron chi connectivity index (χ4n) is 3.86. The molecule has 0 aliphatic carbocycles. The van der Waals surface area contributed by atoms with Gasteiger partial charge in [-0.15, -0.1) is 0 Å². The number of carbonyl (C=O) groups excluding carboxylic acids is 1. The quantitative estimate of drug-likeness (QED) is 0.308. The highest BCUT2D eigenvalue weighted by Gasteiger charge is 2.30. The Bertz CT molecular complexity index is 1140. The summed E-state index contributed by atoms with van der Waals surface area (Å²) in [7, 11) is 3.15. The van der Waals surface area contributed by atoms with Gasteiger partial charge in [0.1, 0.15) is 11.8 Å². The van der Waals surface area contributed by atoms with Crippen molar-refractivity contribution in [3.8, 4) is 17.2 Å². The number of rotatable bonds is 10. The minimum Gasteiger partial charge on any atom is -0.493 e. The molecule has 0 bridgehead atoms. The first-order valence-corrected chi connectivity index (χ1v) is 11.5. The normalized spacial score (nSPS) is 17.3. The highest BCUT2D eigenvalue weighted by Crippen LogP contribution is 2.27. The SMILES string of the molecule is COc1ccc(/C=N/NC(=O)C2CC(c3ccc(OCCc4ccccc4)cc3)NN2)cc1OC. The predicted molar refractivity (Wildman–Crippen MR) is 135 cm³/mol. The molecule has 182 valence electrons. The summed E-state index contributed by atoms with van der Waals surface area (Å²) in [5.74, 6) is 1.85. The molecule has 1 amide bonds. The van der Waals surface area contributed by atoms with Crippen LogP contribution in [-0.4, -0.2) is 39.0 Å². The second-order valence-electron chi connectivity index (χ2n) is 8.13. The van der Waals surface area contributed by atoms with E-state index < -0.39 is 6.04 Å². The second kappa shape index (κ2) is 12.0. The van der Waals surface area contributed by atoms with Gasteiger partial charge in [0.2, 0.25) is 0 Å². The monoisotopic (exact) mass is 474 g/mol. The second-order valence-corrected chi connectivity index (χ2v) is 8.13. The van der Waals surface area contributed by atoms with E-state index in [1.807, 2.05) is 48.5 Å². The lowest BCUT2D eigenvalue weighted by Gasteiger charge is -2.11. The third kappa shape index (κ3) is 6.59. The number of amides is 1. The number of methoxy groups -OCH3 is 2. The van der Waals surface area contributed by atoms with Gasteiger partial charge in [-0.1, -0.05) is 42.5 Å². The molecule has 4 rings (SSSR count). The van der Waals surface area contributed by atoms with Crippen LogP contribution < -0.4 is 30.5 Å². The molecule has 35 heavy (non-hydrogen) atoms. The van der Waals surface area contributed by atoms with Crippen LogP contribution in [0, 0.1) is 0 Å². The molecule has 1 heterocycles. The molecular formula is C27H30N4O4. The largest absolute Gasteiger partial charge is 0.493 e. The first-order valence-electron chi connectivity index (χ1n) is 11.5. The van der Waals surface area contributed by atoms with Gasteiger partial charge >= 0.3 is 0 Å². The standard InChI is InChI=1S/C27H30N4O4/c1-33-25-13-8-20(16-26(25)34-2)18-28-31-27(32)24-17-23(29-30-24)21-9-11-22(12-10-21)35-15-14-19-6-4-3-5-7-19/h3-13,16,18,23-24,29-30H,14-15,17H2,1-2H3,(H,31,32)/b28-18+. The maximum absolute atomic E-state index is 12.5. The van der Waals surface area contributed by atoms with E-state index >= 15 is 0 Å². The van der Waals surface area contributed by atoms with Crippen LogP contribution in [0.3, 0.4) is 0 Å². The lowest BCUT2D eigenvalue weighted by Crippen LogP contribution is -2.41. The van der Waals surface area contributed by atoms with Crippen LogP contribution in [0.2, 0.25) is 0 Å². The number of benzene rings is 3. The Labute approximate surface area is 205 Å². The van der Waals surface area contributed by atoms with Crippen molar-refractivity contribution in [1.29, 1.82) is 0 Å². The summed E-state index contributed by atoms with van der Waals surface area (Å²) in [5.41, 5.74) is 11.9. The summed E-state index contributed by atoms with van der Waals surface area (Å²) in [6.07, 6.45) is 3.03. The van der Waals surface area contributed by atoms with Crippen molar-refractivity contribution in [2.75, 3.05) is 20.8 Å². The van der Waals surface area contributed by atoms with Crippen LogP contribution in [0.15, 0.2) is 77.9 Å². The van der Waals surface area contributed by atoms with Crippen LogP contribution in [0.5, 0.6) is 17.2 Å². The zero-order chi connectivity index (χ0) is 24.5. The van der Waals surface area contributed by atoms with Crippen LogP contribution in [0.4, 0.5) is 0 Å². The van der Waals surface area contributed by atoms with Crippen molar-refractivity contribution in [1.82, 2.24) is 16.3 Å². The summed E-state index contributed by atoms with van der Waals surface area (Å²) in [5, 5.41) is 4.07. The first kappa shape index (κ1) is 24.3. The average Bonchev–Trinajstić information content (AvgIpc) is 3.40. The maximum atomic E-state index is 12.5. The fourth-order valence-corrected chi connectivity index (χ4v) is 3.86. The molecule has 1 aliphatic heterocycles. The maximum Gasteiger partial charge on any atom is 0.258 e. The summed E-state index contributed by atoms with van der Waals surface area (Å²) < 4.78 is 16.4. The van der Waals surface area contributed by atoms with E-state index in [-0.39, 0.29) is 11.9 Å². The molecule has 8 heteroatoms. The lowest BCUT2D eigenvalue weighted by atomic mass is 10.0. The van der Waals surface area contributed by atoms with E-state index in [1.165, 1.54) is 5.56 Å². The van der Waals surface area contributed by atoms with Crippen LogP contribution in [-0.2, 0) is 11.2 Å². The van der Waals surface area contributed by atoms with Gasteiger partial charge in [-0.2, -0.15) is 5.10 Å². The van der Waals surface area contributed by atoms with Crippen LogP contribution >= 0.6 is 0 Å². The number of nitrogens with zero attached hydrogens (tertiary/aromatic N) is 1. The topological polar surface area (TPSA) is 93.2 Å². The van der Waals surface area contributed by atoms with Gasteiger partial charge in [0.05, 0.1) is 27.0 Å². The molecule has 3 aromatic rings. The minimum absolute atomic E-state index is 0.0129. The number of nitrogens with one attached hydrogen (secondary N) is 3. The van der Waals surface area contributed by atoms with E-state index in [1.54, 1.807) is 32.6 Å². The van der Waals surface area contributed by atoms with Crippen molar-refractivity contribution in [3.63, 3.8) is 0 Å². The van der Waals surface area contributed by atoms with E-state index in [9.17, 15) is 4.79 Å². The van der Waals surface area contributed by atoms with Crippen molar-refractivity contribution in [3.05, 3.63) is 89.5 Å². The molecular weight excluding hydrogens is 444 g/mol. The number of hydrogen-bond acceptors (Lipinski definition) is 7. The first-order chi connectivity index (χ1) is 17.2. The Kier molecular flexibility index (Phi) is 8.32. The van der Waals surface area contributed by atoms with Crippen molar-refractivity contribution in [2.24, 2.45) is 5.10 Å². The summed E-state index contributed by atoms with van der Waals surface area (Å²) in [4.78, 5) is 12.5. The van der Waals surface area contributed by atoms with Gasteiger partial charge in [-0.3, -0.25) is 4.79 Å². The molecule has 1 aliphatic rings. The van der Waals surface area contributed by atoms with Crippen molar-refractivity contribution >= 4 is 12.1 Å². The van der Waals surface area contributed by atoms with Gasteiger partial charge in [0, 0.05) is 12.5 Å². The number of carbonyl (C=O) groups is 1. The smallest absolute Gasteiger partial charge is 0.258 e. The van der Waals surface area contributed by atoms with Gasteiger partial charge in [0.15, 0.2) is 11.5 Å². The van der Waals surface area contributed by atoms with E-state index in [4.69, 9.17) is 14.2 Å². The summed E-state index contributed by atoms with van der Waals surface area (Å²) in [6, 6.07) is 23.3. The molecule has 0 spiro atoms. The summed E-state index contributed by atoms with van der Waals surface area (Å²) in [6.45, 7) is 0.624. The molecule has 0 aromatic heterocycles. The molecule has 1 saturated heterocycles. The molecule has 8 nitrogen and oxygen atoms in total. The lowest BCUT2D eigenvalue weighted by molar-refractivity contribution is -0.122. The zero-order valence-corrected chi connectivity index (χ0v) is 19.9. The van der Waals surface area contributed by atoms with Gasteiger partial charge in [0.25, 0.3) is 5.91 Å². The Morgan fingerprint density at radius 2 is 1.77 bits per heavy atom. The molecule has 2 unspecified atom stereocenters. The Hall–Kier alpha value is -3.88. The van der Waals surface area contributed by atoms with Crippen LogP contribution in [0.25, 0.3) is 0 Å². The highest BCUT2D eigenvalue weighted by atomic mass is 16.5. The number of hydrogen-bond donors (Lipinski definition) is 3. The zero-order valence-electron chi connectivity index (χ0n) is 19.9. The van der Waals surface area contributed by atoms with Crippen LogP contribution in [0.1, 0.15) is 29.2 Å². The Morgan fingerprint density at radius 3 is 2.51 bits per heavy atom. The molecule has 2 atom stereocenters. The predicted octanol–water partition coefficient (Wildman–Crippen LogP) is 3.38. The Morgan fingerprint density at radius 1 is 1.00 bits per heavy atom.